The molecule has 0 bridgehead atoms. The van der Waals surface area contributed by atoms with Crippen LogP contribution in [0.15, 0.2) is 50.1 Å². The second-order valence-electron chi connectivity index (χ2n) is 3.97. The highest BCUT2D eigenvalue weighted by molar-refractivity contribution is 5.96. The number of rotatable bonds is 9. The number of benzene rings is 1. The number of carbonyl (C=O) groups excluding carboxylic acids is 1. The second-order valence-corrected chi connectivity index (χ2v) is 3.97. The molecule has 5 nitrogen and oxygen atoms in total. The van der Waals surface area contributed by atoms with Crippen molar-refractivity contribution in [3.63, 3.8) is 0 Å². The summed E-state index contributed by atoms with van der Waals surface area (Å²) in [7, 11) is 0. The highest BCUT2D eigenvalue weighted by Gasteiger charge is 2.16. The van der Waals surface area contributed by atoms with Gasteiger partial charge in [-0.3, -0.25) is 0 Å². The van der Waals surface area contributed by atoms with Crippen molar-refractivity contribution >= 4 is 11.7 Å². The first kappa shape index (κ1) is 16.4. The molecule has 1 rings (SSSR count). The Morgan fingerprint density at radius 1 is 1.00 bits per heavy atom. The largest absolute Gasteiger partial charge is 0.486 e. The van der Waals surface area contributed by atoms with Gasteiger partial charge in [-0.2, -0.15) is 0 Å². The van der Waals surface area contributed by atoms with Gasteiger partial charge in [0, 0.05) is 12.1 Å². The molecule has 0 fully saturated rings. The van der Waals surface area contributed by atoms with Gasteiger partial charge in [0.2, 0.25) is 0 Å². The molecule has 0 aliphatic rings. The van der Waals surface area contributed by atoms with E-state index in [1.165, 1.54) is 18.2 Å². The lowest BCUT2D eigenvalue weighted by molar-refractivity contribution is 0.0550. The van der Waals surface area contributed by atoms with Crippen LogP contribution in [0, 0.1) is 0 Å². The fraction of sp³-hybridized carbons (Fsp3) is 0.188. The van der Waals surface area contributed by atoms with Crippen molar-refractivity contribution < 1.29 is 19.0 Å². The maximum absolute atomic E-state index is 11.9. The maximum atomic E-state index is 11.9. The van der Waals surface area contributed by atoms with E-state index in [9.17, 15) is 4.79 Å². The van der Waals surface area contributed by atoms with Crippen molar-refractivity contribution in [3.8, 4) is 11.5 Å². The van der Waals surface area contributed by atoms with Crippen LogP contribution in [0.5, 0.6) is 11.5 Å². The second kappa shape index (κ2) is 8.47. The summed E-state index contributed by atoms with van der Waals surface area (Å²) in [4.78, 5) is 11.9. The third kappa shape index (κ3) is 4.72. The Morgan fingerprint density at radius 2 is 1.52 bits per heavy atom. The van der Waals surface area contributed by atoms with Crippen molar-refractivity contribution in [2.45, 2.75) is 0 Å². The van der Waals surface area contributed by atoms with E-state index in [0.717, 1.165) is 0 Å². The van der Waals surface area contributed by atoms with E-state index in [0.29, 0.717) is 18.1 Å². The summed E-state index contributed by atoms with van der Waals surface area (Å²) in [6, 6.07) is 3.01. The van der Waals surface area contributed by atoms with Gasteiger partial charge < -0.3 is 19.9 Å². The molecule has 112 valence electrons. The Hall–Kier alpha value is -2.69. The smallest absolute Gasteiger partial charge is 0.340 e. The minimum Gasteiger partial charge on any atom is -0.486 e. The topological polar surface area (TPSA) is 70.8 Å². The first-order valence-corrected chi connectivity index (χ1v) is 6.33. The van der Waals surface area contributed by atoms with Crippen LogP contribution in [-0.2, 0) is 4.74 Å². The Labute approximate surface area is 124 Å². The van der Waals surface area contributed by atoms with E-state index in [4.69, 9.17) is 19.9 Å². The van der Waals surface area contributed by atoms with Gasteiger partial charge in [-0.25, -0.2) is 4.79 Å². The predicted octanol–water partition coefficient (Wildman–Crippen LogP) is 2.74. The van der Waals surface area contributed by atoms with Crippen LogP contribution < -0.4 is 15.2 Å². The fourth-order valence-electron chi connectivity index (χ4n) is 1.49. The average molecular weight is 289 g/mol. The minimum atomic E-state index is -0.550. The third-order valence-corrected chi connectivity index (χ3v) is 2.38. The van der Waals surface area contributed by atoms with Crippen LogP contribution in [0.1, 0.15) is 10.4 Å². The molecule has 0 aromatic heterocycles. The molecule has 0 heterocycles. The van der Waals surface area contributed by atoms with Crippen molar-refractivity contribution in [2.75, 3.05) is 25.6 Å². The number of hydrogen-bond donors (Lipinski definition) is 1. The molecular weight excluding hydrogens is 270 g/mol. The van der Waals surface area contributed by atoms with Gasteiger partial charge >= 0.3 is 5.97 Å². The number of esters is 1. The molecule has 2 N–H and O–H groups in total. The molecule has 21 heavy (non-hydrogen) atoms. The molecule has 5 heteroatoms. The molecule has 1 aromatic rings. The average Bonchev–Trinajstić information content (AvgIpc) is 2.49. The number of anilines is 1. The number of nitrogens with two attached hydrogens (primary N) is 1. The molecule has 0 aliphatic carbocycles. The van der Waals surface area contributed by atoms with E-state index in [1.54, 1.807) is 12.2 Å². The molecule has 0 saturated carbocycles. The highest BCUT2D eigenvalue weighted by atomic mass is 16.5. The molecule has 0 aliphatic heterocycles. The maximum Gasteiger partial charge on any atom is 0.340 e. The monoisotopic (exact) mass is 289 g/mol. The fourth-order valence-corrected chi connectivity index (χ4v) is 1.49. The summed E-state index contributed by atoms with van der Waals surface area (Å²) in [6.45, 7) is 11.3. The molecule has 0 atom stereocenters. The van der Waals surface area contributed by atoms with Crippen LogP contribution in [0.25, 0.3) is 0 Å². The predicted molar refractivity (Wildman–Crippen MR) is 82.7 cm³/mol. The summed E-state index contributed by atoms with van der Waals surface area (Å²) in [6.07, 6.45) is 4.66. The Morgan fingerprint density at radius 3 is 2.05 bits per heavy atom. The number of ether oxygens (including phenoxy) is 3. The van der Waals surface area contributed by atoms with E-state index < -0.39 is 5.97 Å². The van der Waals surface area contributed by atoms with E-state index in [1.807, 2.05) is 0 Å². The number of carbonyl (C=O) groups is 1. The molecular formula is C16H19NO4. The van der Waals surface area contributed by atoms with Crippen LogP contribution in [0.4, 0.5) is 5.69 Å². The van der Waals surface area contributed by atoms with Gasteiger partial charge in [-0.05, 0) is 0 Å². The molecule has 0 spiro atoms. The SMILES string of the molecule is C=CCOC(=O)c1cc(OCC=C)c(OCC=C)cc1N. The summed E-state index contributed by atoms with van der Waals surface area (Å²) in [5.74, 6) is 0.261. The zero-order valence-corrected chi connectivity index (χ0v) is 11.8. The van der Waals surface area contributed by atoms with E-state index in [-0.39, 0.29) is 24.5 Å². The van der Waals surface area contributed by atoms with Crippen molar-refractivity contribution in [2.24, 2.45) is 0 Å². The first-order valence-electron chi connectivity index (χ1n) is 6.33. The lowest BCUT2D eigenvalue weighted by Crippen LogP contribution is -2.10. The molecule has 0 saturated heterocycles. The quantitative estimate of drug-likeness (QED) is 0.430. The van der Waals surface area contributed by atoms with Crippen molar-refractivity contribution in [1.82, 2.24) is 0 Å². The van der Waals surface area contributed by atoms with Crippen molar-refractivity contribution in [1.29, 1.82) is 0 Å². The first-order chi connectivity index (χ1) is 10.1. The lowest BCUT2D eigenvalue weighted by Gasteiger charge is -2.14. The zero-order valence-electron chi connectivity index (χ0n) is 11.8. The third-order valence-electron chi connectivity index (χ3n) is 2.38. The normalized spacial score (nSPS) is 9.52. The van der Waals surface area contributed by atoms with Crippen molar-refractivity contribution in [3.05, 3.63) is 55.7 Å². The lowest BCUT2D eigenvalue weighted by atomic mass is 10.1. The van der Waals surface area contributed by atoms with Crippen LogP contribution in [0.3, 0.4) is 0 Å². The Bertz CT molecular complexity index is 537. The Balaban J connectivity index is 3.09. The van der Waals surface area contributed by atoms with Gasteiger partial charge in [0.15, 0.2) is 11.5 Å². The summed E-state index contributed by atoms with van der Waals surface area (Å²) in [5, 5.41) is 0. The van der Waals surface area contributed by atoms with Gasteiger partial charge in [-0.1, -0.05) is 38.0 Å². The summed E-state index contributed by atoms with van der Waals surface area (Å²) < 4.78 is 15.9. The minimum absolute atomic E-state index is 0.107. The Kier molecular flexibility index (Phi) is 6.60. The highest BCUT2D eigenvalue weighted by Crippen LogP contribution is 2.33. The van der Waals surface area contributed by atoms with E-state index >= 15 is 0 Å². The van der Waals surface area contributed by atoms with Gasteiger partial charge in [-0.15, -0.1) is 0 Å². The molecule has 1 aromatic carbocycles. The molecule has 0 unspecified atom stereocenters. The van der Waals surface area contributed by atoms with Crippen LogP contribution >= 0.6 is 0 Å². The van der Waals surface area contributed by atoms with Crippen LogP contribution in [0.2, 0.25) is 0 Å². The van der Waals surface area contributed by atoms with Crippen LogP contribution in [-0.4, -0.2) is 25.8 Å². The molecule has 0 amide bonds. The standard InChI is InChI=1S/C16H19NO4/c1-4-7-19-14-10-12(16(18)21-9-6-3)13(17)11-15(14)20-8-5-2/h4-6,10-11H,1-3,7-9,17H2. The van der Waals surface area contributed by atoms with Gasteiger partial charge in [0.25, 0.3) is 0 Å². The molecule has 0 radical (unpaired) electrons. The number of hydrogen-bond acceptors (Lipinski definition) is 5. The number of nitrogen functional groups attached to an aromatic ring is 1. The summed E-state index contributed by atoms with van der Waals surface area (Å²) in [5.41, 5.74) is 6.31. The van der Waals surface area contributed by atoms with Gasteiger partial charge in [0.05, 0.1) is 11.3 Å². The zero-order chi connectivity index (χ0) is 15.7. The van der Waals surface area contributed by atoms with E-state index in [2.05, 4.69) is 19.7 Å². The van der Waals surface area contributed by atoms with Gasteiger partial charge in [0.1, 0.15) is 19.8 Å². The summed E-state index contributed by atoms with van der Waals surface area (Å²) >= 11 is 0.